The summed E-state index contributed by atoms with van der Waals surface area (Å²) >= 11 is 0. The molecule has 19 heavy (non-hydrogen) atoms. The van der Waals surface area contributed by atoms with Gasteiger partial charge < -0.3 is 21.0 Å². The predicted octanol–water partition coefficient (Wildman–Crippen LogP) is 0.586. The molecule has 3 atom stereocenters. The fourth-order valence-corrected chi connectivity index (χ4v) is 2.95. The van der Waals surface area contributed by atoms with E-state index in [0.29, 0.717) is 30.5 Å². The first-order valence-corrected chi connectivity index (χ1v) is 6.58. The molecule has 6 heteroatoms. The largest absolute Gasteiger partial charge is 0.409 e. The summed E-state index contributed by atoms with van der Waals surface area (Å²) in [6.07, 6.45) is 5.81. The van der Waals surface area contributed by atoms with E-state index in [0.717, 1.165) is 18.4 Å². The SMILES string of the molecule is N/C(=N/O)c1ncccc1CNC1CC2CCC1O2. The number of oxime groups is 1. The molecule has 0 radical (unpaired) electrons. The Morgan fingerprint density at radius 1 is 1.58 bits per heavy atom. The lowest BCUT2D eigenvalue weighted by Gasteiger charge is -2.20. The molecule has 3 rings (SSSR count). The fourth-order valence-electron chi connectivity index (χ4n) is 2.95. The summed E-state index contributed by atoms with van der Waals surface area (Å²) in [5, 5.41) is 15.3. The third-order valence-electron chi connectivity index (χ3n) is 3.90. The molecule has 0 amide bonds. The maximum absolute atomic E-state index is 8.76. The zero-order valence-corrected chi connectivity index (χ0v) is 10.6. The van der Waals surface area contributed by atoms with Crippen molar-refractivity contribution in [1.82, 2.24) is 10.3 Å². The molecule has 0 aliphatic carbocycles. The van der Waals surface area contributed by atoms with Gasteiger partial charge in [-0.15, -0.1) is 0 Å². The van der Waals surface area contributed by atoms with Crippen molar-refractivity contribution in [3.63, 3.8) is 0 Å². The molecule has 2 fully saturated rings. The van der Waals surface area contributed by atoms with E-state index < -0.39 is 0 Å². The average Bonchev–Trinajstić information content (AvgIpc) is 3.07. The van der Waals surface area contributed by atoms with Crippen LogP contribution < -0.4 is 11.1 Å². The zero-order chi connectivity index (χ0) is 13.2. The van der Waals surface area contributed by atoms with Crippen LogP contribution in [-0.2, 0) is 11.3 Å². The van der Waals surface area contributed by atoms with Crippen molar-refractivity contribution in [2.24, 2.45) is 10.9 Å². The molecule has 6 nitrogen and oxygen atoms in total. The molecule has 102 valence electrons. The normalized spacial score (nSPS) is 29.9. The smallest absolute Gasteiger partial charge is 0.189 e. The lowest BCUT2D eigenvalue weighted by atomic mass is 9.95. The Morgan fingerprint density at radius 2 is 2.47 bits per heavy atom. The quantitative estimate of drug-likeness (QED) is 0.319. The highest BCUT2D eigenvalue weighted by Gasteiger charge is 2.40. The lowest BCUT2D eigenvalue weighted by molar-refractivity contribution is 0.0973. The minimum absolute atomic E-state index is 0.0431. The molecule has 0 spiro atoms. The number of fused-ring (bicyclic) bond motifs is 2. The number of nitrogens with one attached hydrogen (secondary N) is 1. The molecule has 1 aromatic heterocycles. The minimum atomic E-state index is 0.0431. The first kappa shape index (κ1) is 12.4. The highest BCUT2D eigenvalue weighted by atomic mass is 16.5. The van der Waals surface area contributed by atoms with Crippen molar-refractivity contribution in [2.45, 2.75) is 44.1 Å². The second kappa shape index (κ2) is 5.14. The molecule has 2 aliphatic rings. The van der Waals surface area contributed by atoms with E-state index in [9.17, 15) is 0 Å². The van der Waals surface area contributed by atoms with Gasteiger partial charge in [-0.2, -0.15) is 0 Å². The Bertz CT molecular complexity index is 491. The van der Waals surface area contributed by atoms with Crippen LogP contribution in [0.4, 0.5) is 0 Å². The molecular weight excluding hydrogens is 244 g/mol. The van der Waals surface area contributed by atoms with Gasteiger partial charge >= 0.3 is 0 Å². The third kappa shape index (κ3) is 2.41. The number of nitrogens with zero attached hydrogens (tertiary/aromatic N) is 2. The number of hydrogen-bond acceptors (Lipinski definition) is 5. The number of pyridine rings is 1. The monoisotopic (exact) mass is 262 g/mol. The van der Waals surface area contributed by atoms with Gasteiger partial charge in [0.05, 0.1) is 12.2 Å². The summed E-state index contributed by atoms with van der Waals surface area (Å²) < 4.78 is 5.81. The molecule has 1 aromatic rings. The number of nitrogens with two attached hydrogens (primary N) is 1. The van der Waals surface area contributed by atoms with Gasteiger partial charge in [0.1, 0.15) is 5.69 Å². The molecule has 0 aromatic carbocycles. The van der Waals surface area contributed by atoms with Gasteiger partial charge in [0.2, 0.25) is 0 Å². The van der Waals surface area contributed by atoms with Gasteiger partial charge in [-0.25, -0.2) is 0 Å². The maximum Gasteiger partial charge on any atom is 0.189 e. The topological polar surface area (TPSA) is 92.8 Å². The first-order chi connectivity index (χ1) is 9.28. The van der Waals surface area contributed by atoms with Crippen LogP contribution in [0.15, 0.2) is 23.5 Å². The van der Waals surface area contributed by atoms with E-state index in [1.54, 1.807) is 6.20 Å². The molecule has 2 saturated heterocycles. The van der Waals surface area contributed by atoms with Crippen LogP contribution in [0.1, 0.15) is 30.5 Å². The molecule has 4 N–H and O–H groups in total. The summed E-state index contributed by atoms with van der Waals surface area (Å²) in [6.45, 7) is 0.649. The summed E-state index contributed by atoms with van der Waals surface area (Å²) in [5.74, 6) is 0.0431. The van der Waals surface area contributed by atoms with E-state index in [1.807, 2.05) is 12.1 Å². The highest BCUT2D eigenvalue weighted by Crippen LogP contribution is 2.34. The Hall–Kier alpha value is -1.66. The summed E-state index contributed by atoms with van der Waals surface area (Å²) in [7, 11) is 0. The predicted molar refractivity (Wildman–Crippen MR) is 69.9 cm³/mol. The van der Waals surface area contributed by atoms with Gasteiger partial charge in [0.15, 0.2) is 5.84 Å². The van der Waals surface area contributed by atoms with Crippen molar-refractivity contribution >= 4 is 5.84 Å². The second-order valence-corrected chi connectivity index (χ2v) is 5.09. The van der Waals surface area contributed by atoms with E-state index >= 15 is 0 Å². The first-order valence-electron chi connectivity index (χ1n) is 6.58. The fraction of sp³-hybridized carbons (Fsp3) is 0.538. The molecule has 3 unspecified atom stereocenters. The third-order valence-corrected chi connectivity index (χ3v) is 3.90. The van der Waals surface area contributed by atoms with Gasteiger partial charge in [-0.3, -0.25) is 4.98 Å². The summed E-state index contributed by atoms with van der Waals surface area (Å²) in [6, 6.07) is 4.18. The van der Waals surface area contributed by atoms with Gasteiger partial charge in [0, 0.05) is 18.8 Å². The minimum Gasteiger partial charge on any atom is -0.409 e. The van der Waals surface area contributed by atoms with Gasteiger partial charge in [-0.05, 0) is 30.9 Å². The number of ether oxygens (including phenoxy) is 1. The molecule has 3 heterocycles. The lowest BCUT2D eigenvalue weighted by Crippen LogP contribution is -2.37. The number of hydrogen-bond donors (Lipinski definition) is 3. The Balaban J connectivity index is 1.67. The van der Waals surface area contributed by atoms with Gasteiger partial charge in [0.25, 0.3) is 0 Å². The van der Waals surface area contributed by atoms with E-state index in [-0.39, 0.29) is 5.84 Å². The number of rotatable bonds is 4. The maximum atomic E-state index is 8.76. The van der Waals surface area contributed by atoms with Crippen molar-refractivity contribution < 1.29 is 9.94 Å². The second-order valence-electron chi connectivity index (χ2n) is 5.09. The highest BCUT2D eigenvalue weighted by molar-refractivity contribution is 5.96. The van der Waals surface area contributed by atoms with Crippen molar-refractivity contribution in [3.05, 3.63) is 29.6 Å². The molecule has 2 bridgehead atoms. The zero-order valence-electron chi connectivity index (χ0n) is 10.6. The van der Waals surface area contributed by atoms with Crippen LogP contribution in [0.25, 0.3) is 0 Å². The molecule has 2 aliphatic heterocycles. The van der Waals surface area contributed by atoms with Crippen molar-refractivity contribution in [2.75, 3.05) is 0 Å². The van der Waals surface area contributed by atoms with Crippen LogP contribution in [-0.4, -0.2) is 34.3 Å². The van der Waals surface area contributed by atoms with Gasteiger partial charge in [-0.1, -0.05) is 11.2 Å². The van der Waals surface area contributed by atoms with E-state index in [2.05, 4.69) is 15.5 Å². The van der Waals surface area contributed by atoms with Crippen LogP contribution in [0.2, 0.25) is 0 Å². The van der Waals surface area contributed by atoms with Crippen LogP contribution >= 0.6 is 0 Å². The van der Waals surface area contributed by atoms with E-state index in [4.69, 9.17) is 15.7 Å². The van der Waals surface area contributed by atoms with Crippen molar-refractivity contribution in [3.8, 4) is 0 Å². The Labute approximate surface area is 111 Å². The van der Waals surface area contributed by atoms with Crippen LogP contribution in [0.3, 0.4) is 0 Å². The summed E-state index contributed by atoms with van der Waals surface area (Å²) in [5.41, 5.74) is 7.08. The van der Waals surface area contributed by atoms with Crippen LogP contribution in [0, 0.1) is 0 Å². The van der Waals surface area contributed by atoms with E-state index in [1.165, 1.54) is 6.42 Å². The van der Waals surface area contributed by atoms with Crippen LogP contribution in [0.5, 0.6) is 0 Å². The molecule has 0 saturated carbocycles. The number of amidine groups is 1. The van der Waals surface area contributed by atoms with Crippen molar-refractivity contribution in [1.29, 1.82) is 0 Å². The Kier molecular flexibility index (Phi) is 3.35. The average molecular weight is 262 g/mol. The molecular formula is C13H18N4O2. The Morgan fingerprint density at radius 3 is 3.16 bits per heavy atom. The summed E-state index contributed by atoms with van der Waals surface area (Å²) in [4.78, 5) is 4.16. The number of aromatic nitrogens is 1. The standard InChI is InChI=1S/C13H18N4O2/c14-13(17-18)12-8(2-1-5-15-12)7-16-10-6-9-3-4-11(10)19-9/h1-2,5,9-11,16,18H,3-4,6-7H2,(H2,14,17).